The molecule has 0 aromatic rings. The summed E-state index contributed by atoms with van der Waals surface area (Å²) in [5.41, 5.74) is 6.17. The van der Waals surface area contributed by atoms with Crippen molar-refractivity contribution < 1.29 is 0 Å². The molecule has 2 unspecified atom stereocenters. The van der Waals surface area contributed by atoms with Crippen LogP contribution in [-0.4, -0.2) is 30.1 Å². The molecular formula is C15H34N2. The van der Waals surface area contributed by atoms with Crippen LogP contribution in [0.5, 0.6) is 0 Å². The van der Waals surface area contributed by atoms with Crippen molar-refractivity contribution in [2.75, 3.05) is 13.6 Å². The molecule has 2 nitrogen and oxygen atoms in total. The second kappa shape index (κ2) is 7.38. The Bertz CT molecular complexity index is 201. The van der Waals surface area contributed by atoms with Gasteiger partial charge in [-0.25, -0.2) is 0 Å². The Kier molecular flexibility index (Phi) is 7.34. The van der Waals surface area contributed by atoms with E-state index in [1.165, 1.54) is 19.3 Å². The number of hydrogen-bond acceptors (Lipinski definition) is 2. The van der Waals surface area contributed by atoms with Gasteiger partial charge < -0.3 is 5.73 Å². The van der Waals surface area contributed by atoms with Crippen molar-refractivity contribution in [2.45, 2.75) is 72.4 Å². The lowest BCUT2D eigenvalue weighted by molar-refractivity contribution is 0.0766. The van der Waals surface area contributed by atoms with Crippen molar-refractivity contribution in [1.29, 1.82) is 0 Å². The van der Waals surface area contributed by atoms with Crippen LogP contribution in [0.2, 0.25) is 0 Å². The van der Waals surface area contributed by atoms with Gasteiger partial charge in [-0.2, -0.15) is 0 Å². The van der Waals surface area contributed by atoms with Crippen LogP contribution in [0.4, 0.5) is 0 Å². The molecule has 0 aliphatic rings. The fourth-order valence-electron chi connectivity index (χ4n) is 2.39. The number of hydrogen-bond donors (Lipinski definition) is 1. The van der Waals surface area contributed by atoms with Crippen LogP contribution in [0, 0.1) is 11.8 Å². The van der Waals surface area contributed by atoms with Crippen LogP contribution in [-0.2, 0) is 0 Å². The molecule has 0 aromatic carbocycles. The molecule has 0 aliphatic heterocycles. The van der Waals surface area contributed by atoms with Gasteiger partial charge in [0.2, 0.25) is 0 Å². The quantitative estimate of drug-likeness (QED) is 0.706. The first-order valence-electron chi connectivity index (χ1n) is 7.16. The number of nitrogens with zero attached hydrogens (tertiary/aromatic N) is 1. The standard InChI is InChI=1S/C15H34N2/c1-12(2)8-9-15(6,11-16)17(7)14(5)10-13(3)4/h12-14H,8-11,16H2,1-7H3. The highest BCUT2D eigenvalue weighted by atomic mass is 15.2. The lowest BCUT2D eigenvalue weighted by atomic mass is 9.88. The van der Waals surface area contributed by atoms with Gasteiger partial charge in [0.05, 0.1) is 0 Å². The molecule has 2 atom stereocenters. The summed E-state index contributed by atoms with van der Waals surface area (Å²) in [7, 11) is 2.24. The first-order chi connectivity index (χ1) is 7.73. The Morgan fingerprint density at radius 3 is 1.94 bits per heavy atom. The minimum Gasteiger partial charge on any atom is -0.329 e. The van der Waals surface area contributed by atoms with Gasteiger partial charge in [-0.05, 0) is 52.0 Å². The Morgan fingerprint density at radius 1 is 1.06 bits per heavy atom. The van der Waals surface area contributed by atoms with E-state index in [0.29, 0.717) is 6.04 Å². The van der Waals surface area contributed by atoms with E-state index in [2.05, 4.69) is 53.5 Å². The first kappa shape index (κ1) is 16.9. The summed E-state index contributed by atoms with van der Waals surface area (Å²) in [4.78, 5) is 2.50. The predicted octanol–water partition coefficient (Wildman–Crippen LogP) is 3.51. The molecular weight excluding hydrogens is 208 g/mol. The number of likely N-dealkylation sites (N-methyl/N-ethyl adjacent to an activating group) is 1. The molecule has 104 valence electrons. The summed E-state index contributed by atoms with van der Waals surface area (Å²) in [6, 6.07) is 0.607. The van der Waals surface area contributed by atoms with Crippen LogP contribution >= 0.6 is 0 Å². The summed E-state index contributed by atoms with van der Waals surface area (Å²) >= 11 is 0. The molecule has 2 heteroatoms. The first-order valence-corrected chi connectivity index (χ1v) is 7.16. The summed E-state index contributed by atoms with van der Waals surface area (Å²) in [6.07, 6.45) is 3.69. The molecule has 0 spiro atoms. The third-order valence-electron chi connectivity index (χ3n) is 4.03. The van der Waals surface area contributed by atoms with Crippen LogP contribution in [0.15, 0.2) is 0 Å². The van der Waals surface area contributed by atoms with Gasteiger partial charge in [0.15, 0.2) is 0 Å². The average molecular weight is 242 g/mol. The van der Waals surface area contributed by atoms with Crippen LogP contribution in [0.25, 0.3) is 0 Å². The highest BCUT2D eigenvalue weighted by Gasteiger charge is 2.30. The molecule has 2 N–H and O–H groups in total. The smallest absolute Gasteiger partial charge is 0.0303 e. The van der Waals surface area contributed by atoms with E-state index in [1.807, 2.05) is 0 Å². The Hall–Kier alpha value is -0.0800. The minimum absolute atomic E-state index is 0.151. The molecule has 17 heavy (non-hydrogen) atoms. The van der Waals surface area contributed by atoms with Crippen molar-refractivity contribution in [3.8, 4) is 0 Å². The minimum atomic E-state index is 0.151. The molecule has 0 aromatic heterocycles. The maximum atomic E-state index is 6.02. The van der Waals surface area contributed by atoms with Crippen molar-refractivity contribution >= 4 is 0 Å². The molecule has 0 bridgehead atoms. The zero-order valence-corrected chi connectivity index (χ0v) is 13.1. The third-order valence-corrected chi connectivity index (χ3v) is 4.03. The SMILES string of the molecule is CC(C)CCC(C)(CN)N(C)C(C)CC(C)C. The number of rotatable bonds is 8. The average Bonchev–Trinajstić information content (AvgIpc) is 2.23. The largest absolute Gasteiger partial charge is 0.329 e. The summed E-state index contributed by atoms with van der Waals surface area (Å²) in [6.45, 7) is 14.5. The monoisotopic (exact) mass is 242 g/mol. The number of nitrogens with two attached hydrogens (primary N) is 1. The molecule has 0 saturated carbocycles. The summed E-state index contributed by atoms with van der Waals surface area (Å²) in [5.74, 6) is 1.51. The van der Waals surface area contributed by atoms with E-state index >= 15 is 0 Å². The van der Waals surface area contributed by atoms with Crippen LogP contribution in [0.3, 0.4) is 0 Å². The lowest BCUT2D eigenvalue weighted by Gasteiger charge is -2.43. The Balaban J connectivity index is 4.49. The van der Waals surface area contributed by atoms with Gasteiger partial charge in [-0.3, -0.25) is 4.90 Å². The molecule has 0 fully saturated rings. The van der Waals surface area contributed by atoms with Crippen molar-refractivity contribution in [3.63, 3.8) is 0 Å². The molecule has 0 radical (unpaired) electrons. The highest BCUT2D eigenvalue weighted by molar-refractivity contribution is 4.88. The topological polar surface area (TPSA) is 29.3 Å². The van der Waals surface area contributed by atoms with Crippen molar-refractivity contribution in [2.24, 2.45) is 17.6 Å². The zero-order valence-electron chi connectivity index (χ0n) is 13.1. The predicted molar refractivity (Wildman–Crippen MR) is 78.2 cm³/mol. The lowest BCUT2D eigenvalue weighted by Crippen LogP contribution is -2.53. The molecule has 0 amide bonds. The van der Waals surface area contributed by atoms with Crippen LogP contribution < -0.4 is 5.73 Å². The Labute approximate surface area is 109 Å². The second-order valence-corrected chi connectivity index (χ2v) is 6.72. The van der Waals surface area contributed by atoms with E-state index < -0.39 is 0 Å². The normalized spacial score (nSPS) is 17.8. The van der Waals surface area contributed by atoms with Gasteiger partial charge >= 0.3 is 0 Å². The fourth-order valence-corrected chi connectivity index (χ4v) is 2.39. The summed E-state index contributed by atoms with van der Waals surface area (Å²) in [5, 5.41) is 0. The van der Waals surface area contributed by atoms with E-state index in [9.17, 15) is 0 Å². The molecule has 0 saturated heterocycles. The second-order valence-electron chi connectivity index (χ2n) is 6.72. The maximum Gasteiger partial charge on any atom is 0.0303 e. The zero-order chi connectivity index (χ0) is 13.6. The Morgan fingerprint density at radius 2 is 1.59 bits per heavy atom. The van der Waals surface area contributed by atoms with Crippen LogP contribution in [0.1, 0.15) is 60.8 Å². The highest BCUT2D eigenvalue weighted by Crippen LogP contribution is 2.25. The van der Waals surface area contributed by atoms with Gasteiger partial charge in [0.25, 0.3) is 0 Å². The molecule has 0 heterocycles. The van der Waals surface area contributed by atoms with E-state index in [1.54, 1.807) is 0 Å². The summed E-state index contributed by atoms with van der Waals surface area (Å²) < 4.78 is 0. The van der Waals surface area contributed by atoms with E-state index in [0.717, 1.165) is 18.4 Å². The van der Waals surface area contributed by atoms with Gasteiger partial charge in [0, 0.05) is 18.1 Å². The van der Waals surface area contributed by atoms with Crippen molar-refractivity contribution in [3.05, 3.63) is 0 Å². The molecule has 0 rings (SSSR count). The van der Waals surface area contributed by atoms with E-state index in [4.69, 9.17) is 5.73 Å². The third kappa shape index (κ3) is 5.87. The maximum absolute atomic E-state index is 6.02. The van der Waals surface area contributed by atoms with Crippen molar-refractivity contribution in [1.82, 2.24) is 4.90 Å². The molecule has 0 aliphatic carbocycles. The van der Waals surface area contributed by atoms with Gasteiger partial charge in [-0.1, -0.05) is 27.7 Å². The fraction of sp³-hybridized carbons (Fsp3) is 1.00. The van der Waals surface area contributed by atoms with Gasteiger partial charge in [0.1, 0.15) is 0 Å². The van der Waals surface area contributed by atoms with Gasteiger partial charge in [-0.15, -0.1) is 0 Å². The van der Waals surface area contributed by atoms with E-state index in [-0.39, 0.29) is 5.54 Å².